The summed E-state index contributed by atoms with van der Waals surface area (Å²) in [5.41, 5.74) is 2.52. The lowest BCUT2D eigenvalue weighted by Gasteiger charge is -2.08. The molecule has 0 amide bonds. The normalized spacial score (nSPS) is 11.1. The lowest BCUT2D eigenvalue weighted by molar-refractivity contribution is 1.44. The first kappa shape index (κ1) is 11.2. The maximum Gasteiger partial charge on any atom is 0.0216 e. The molecule has 0 fully saturated rings. The quantitative estimate of drug-likeness (QED) is 0.667. The zero-order chi connectivity index (χ0) is 11.5. The molecule has 0 nitrogen and oxygen atoms in total. The van der Waals surface area contributed by atoms with Crippen LogP contribution in [0.1, 0.15) is 11.1 Å². The second-order valence-corrected chi connectivity index (χ2v) is 4.57. The lowest BCUT2D eigenvalue weighted by Crippen LogP contribution is -1.86. The average Bonchev–Trinajstić information content (AvgIpc) is 2.30. The number of allylic oxidation sites excluding steroid dienone is 2. The van der Waals surface area contributed by atoms with E-state index in [9.17, 15) is 0 Å². The molecule has 0 aliphatic heterocycles. The molecule has 2 aromatic carbocycles. The average molecular weight is 273 g/mol. The summed E-state index contributed by atoms with van der Waals surface area (Å²) < 4.78 is 1.15. The first-order valence-corrected chi connectivity index (χ1v) is 6.00. The summed E-state index contributed by atoms with van der Waals surface area (Å²) in [5, 5.41) is 2.53. The summed E-state index contributed by atoms with van der Waals surface area (Å²) in [4.78, 5) is 0. The van der Waals surface area contributed by atoms with Gasteiger partial charge in [-0.15, -0.1) is 0 Å². The van der Waals surface area contributed by atoms with Crippen LogP contribution in [-0.4, -0.2) is 0 Å². The molecule has 2 aromatic rings. The maximum atomic E-state index is 3.71. The van der Waals surface area contributed by atoms with Crippen LogP contribution in [0.5, 0.6) is 0 Å². The number of halogens is 1. The van der Waals surface area contributed by atoms with Crippen LogP contribution in [0.4, 0.5) is 0 Å². The molecular weight excluding hydrogens is 260 g/mol. The SMILES string of the molecule is C=CC=Cc1c(C)c(Br)cc2ccccc12. The third-order valence-corrected chi connectivity index (χ3v) is 3.52. The third-order valence-electron chi connectivity index (χ3n) is 2.69. The number of benzene rings is 2. The van der Waals surface area contributed by atoms with E-state index in [1.54, 1.807) is 6.08 Å². The highest BCUT2D eigenvalue weighted by Crippen LogP contribution is 2.29. The minimum Gasteiger partial charge on any atom is -0.0991 e. The Bertz CT molecular complexity index is 565. The molecule has 0 saturated carbocycles. The van der Waals surface area contributed by atoms with Crippen LogP contribution < -0.4 is 0 Å². The monoisotopic (exact) mass is 272 g/mol. The van der Waals surface area contributed by atoms with Crippen LogP contribution >= 0.6 is 15.9 Å². The maximum absolute atomic E-state index is 3.71. The summed E-state index contributed by atoms with van der Waals surface area (Å²) in [7, 11) is 0. The number of fused-ring (bicyclic) bond motifs is 1. The van der Waals surface area contributed by atoms with E-state index in [1.807, 2.05) is 6.08 Å². The molecule has 0 unspecified atom stereocenters. The van der Waals surface area contributed by atoms with Crippen molar-refractivity contribution in [2.24, 2.45) is 0 Å². The van der Waals surface area contributed by atoms with Gasteiger partial charge >= 0.3 is 0 Å². The van der Waals surface area contributed by atoms with Crippen molar-refractivity contribution in [3.63, 3.8) is 0 Å². The van der Waals surface area contributed by atoms with Crippen LogP contribution in [-0.2, 0) is 0 Å². The molecule has 16 heavy (non-hydrogen) atoms. The minimum absolute atomic E-state index is 1.15. The minimum atomic E-state index is 1.15. The number of hydrogen-bond acceptors (Lipinski definition) is 0. The highest BCUT2D eigenvalue weighted by molar-refractivity contribution is 9.10. The Morgan fingerprint density at radius 1 is 1.25 bits per heavy atom. The van der Waals surface area contributed by atoms with Crippen molar-refractivity contribution in [1.82, 2.24) is 0 Å². The summed E-state index contributed by atoms with van der Waals surface area (Å²) in [6.45, 7) is 5.83. The summed E-state index contributed by atoms with van der Waals surface area (Å²) in [5.74, 6) is 0. The summed E-state index contributed by atoms with van der Waals surface area (Å²) >= 11 is 3.60. The van der Waals surface area contributed by atoms with Gasteiger partial charge in [0.2, 0.25) is 0 Å². The van der Waals surface area contributed by atoms with Gasteiger partial charge in [0.15, 0.2) is 0 Å². The van der Waals surface area contributed by atoms with Gasteiger partial charge in [0.25, 0.3) is 0 Å². The van der Waals surface area contributed by atoms with E-state index >= 15 is 0 Å². The predicted molar refractivity (Wildman–Crippen MR) is 75.6 cm³/mol. The van der Waals surface area contributed by atoms with Gasteiger partial charge in [-0.2, -0.15) is 0 Å². The van der Waals surface area contributed by atoms with Crippen molar-refractivity contribution in [3.05, 3.63) is 64.7 Å². The van der Waals surface area contributed by atoms with E-state index in [1.165, 1.54) is 21.9 Å². The van der Waals surface area contributed by atoms with Crippen LogP contribution in [0.2, 0.25) is 0 Å². The topological polar surface area (TPSA) is 0 Å². The summed E-state index contributed by atoms with van der Waals surface area (Å²) in [6, 6.07) is 10.6. The predicted octanol–water partition coefficient (Wildman–Crippen LogP) is 5.11. The first-order valence-electron chi connectivity index (χ1n) is 5.21. The molecule has 1 heteroatoms. The zero-order valence-corrected chi connectivity index (χ0v) is 10.8. The van der Waals surface area contributed by atoms with Gasteiger partial charge in [-0.25, -0.2) is 0 Å². The molecule has 0 heterocycles. The number of hydrogen-bond donors (Lipinski definition) is 0. The molecule has 0 radical (unpaired) electrons. The van der Waals surface area contributed by atoms with E-state index in [0.717, 1.165) is 4.47 Å². The van der Waals surface area contributed by atoms with Gasteiger partial charge in [-0.1, -0.05) is 65.0 Å². The van der Waals surface area contributed by atoms with Crippen molar-refractivity contribution in [2.75, 3.05) is 0 Å². The molecule has 0 aromatic heterocycles. The van der Waals surface area contributed by atoms with Gasteiger partial charge in [0.05, 0.1) is 0 Å². The molecule has 0 saturated heterocycles. The van der Waals surface area contributed by atoms with Gasteiger partial charge < -0.3 is 0 Å². The summed E-state index contributed by atoms with van der Waals surface area (Å²) in [6.07, 6.45) is 5.88. The fraction of sp³-hybridized carbons (Fsp3) is 0.0667. The van der Waals surface area contributed by atoms with E-state index < -0.39 is 0 Å². The number of rotatable bonds is 2. The first-order chi connectivity index (χ1) is 7.74. The van der Waals surface area contributed by atoms with Gasteiger partial charge in [0.1, 0.15) is 0 Å². The largest absolute Gasteiger partial charge is 0.0991 e. The Hall–Kier alpha value is -1.34. The van der Waals surface area contributed by atoms with Crippen molar-refractivity contribution in [2.45, 2.75) is 6.92 Å². The van der Waals surface area contributed by atoms with E-state index in [0.29, 0.717) is 0 Å². The van der Waals surface area contributed by atoms with Gasteiger partial charge in [-0.3, -0.25) is 0 Å². The second kappa shape index (κ2) is 4.67. The highest BCUT2D eigenvalue weighted by Gasteiger charge is 2.05. The van der Waals surface area contributed by atoms with Crippen LogP contribution in [0.25, 0.3) is 16.8 Å². The Morgan fingerprint density at radius 3 is 2.75 bits per heavy atom. The Labute approximate surface area is 104 Å². The zero-order valence-electron chi connectivity index (χ0n) is 9.20. The molecule has 0 N–H and O–H groups in total. The molecular formula is C15H13Br. The van der Waals surface area contributed by atoms with Crippen LogP contribution in [0.15, 0.2) is 53.5 Å². The highest BCUT2D eigenvalue weighted by atomic mass is 79.9. The molecule has 2 rings (SSSR count). The van der Waals surface area contributed by atoms with Crippen molar-refractivity contribution >= 4 is 32.8 Å². The van der Waals surface area contributed by atoms with E-state index in [4.69, 9.17) is 0 Å². The smallest absolute Gasteiger partial charge is 0.0216 e. The Kier molecular flexibility index (Phi) is 3.25. The molecule has 80 valence electrons. The van der Waals surface area contributed by atoms with Gasteiger partial charge in [-0.05, 0) is 34.9 Å². The standard InChI is InChI=1S/C15H13Br/c1-3-4-8-13-11(2)15(16)10-12-7-5-6-9-14(12)13/h3-10H,1H2,2H3. The van der Waals surface area contributed by atoms with Crippen LogP contribution in [0, 0.1) is 6.92 Å². The lowest BCUT2D eigenvalue weighted by atomic mass is 9.99. The van der Waals surface area contributed by atoms with Crippen molar-refractivity contribution in [1.29, 1.82) is 0 Å². The molecule has 0 spiro atoms. The van der Waals surface area contributed by atoms with E-state index in [2.05, 4.69) is 65.8 Å². The Balaban J connectivity index is 2.81. The fourth-order valence-corrected chi connectivity index (χ4v) is 2.28. The van der Waals surface area contributed by atoms with E-state index in [-0.39, 0.29) is 0 Å². The molecule has 0 bridgehead atoms. The fourth-order valence-electron chi connectivity index (χ4n) is 1.82. The molecule has 0 aliphatic carbocycles. The molecule has 0 aliphatic rings. The van der Waals surface area contributed by atoms with Crippen LogP contribution in [0.3, 0.4) is 0 Å². The third kappa shape index (κ3) is 1.96. The second-order valence-electron chi connectivity index (χ2n) is 3.71. The van der Waals surface area contributed by atoms with Crippen molar-refractivity contribution in [3.8, 4) is 0 Å². The molecule has 0 atom stereocenters. The van der Waals surface area contributed by atoms with Gasteiger partial charge in [0, 0.05) is 4.47 Å². The Morgan fingerprint density at radius 2 is 2.00 bits per heavy atom. The van der Waals surface area contributed by atoms with Crippen molar-refractivity contribution < 1.29 is 0 Å².